The third kappa shape index (κ3) is 31.3. The number of aliphatic hydroxyl groups is 1. The lowest BCUT2D eigenvalue weighted by Crippen LogP contribution is -2.28. The van der Waals surface area contributed by atoms with E-state index in [4.69, 9.17) is 9.47 Å². The van der Waals surface area contributed by atoms with E-state index < -0.39 is 6.10 Å². The molecule has 0 unspecified atom stereocenters. The van der Waals surface area contributed by atoms with Gasteiger partial charge in [-0.05, 0) is 19.3 Å². The van der Waals surface area contributed by atoms with Crippen LogP contribution in [-0.2, 0) is 23.9 Å². The Morgan fingerprint density at radius 3 is 1.36 bits per heavy atom. The fraction of sp³-hybridized carbons (Fsp3) is 0.914. The van der Waals surface area contributed by atoms with E-state index in [1.807, 2.05) is 0 Å². The first kappa shape index (κ1) is 40.4. The molecule has 1 amide bonds. The van der Waals surface area contributed by atoms with Gasteiger partial charge in [0.2, 0.25) is 5.91 Å². The van der Waals surface area contributed by atoms with Gasteiger partial charge in [0.05, 0.1) is 6.61 Å². The zero-order valence-corrected chi connectivity index (χ0v) is 27.6. The summed E-state index contributed by atoms with van der Waals surface area (Å²) in [4.78, 5) is 34.9. The molecule has 1 atom stereocenters. The van der Waals surface area contributed by atoms with Crippen LogP contribution in [0.1, 0.15) is 181 Å². The average Bonchev–Trinajstić information content (AvgIpc) is 2.97. The molecule has 0 aromatic carbocycles. The maximum absolute atomic E-state index is 12.1. The van der Waals surface area contributed by atoms with Gasteiger partial charge < -0.3 is 19.9 Å². The van der Waals surface area contributed by atoms with Crippen molar-refractivity contribution in [3.63, 3.8) is 0 Å². The monoisotopic (exact) mass is 597 g/mol. The van der Waals surface area contributed by atoms with Crippen LogP contribution in [0.3, 0.4) is 0 Å². The summed E-state index contributed by atoms with van der Waals surface area (Å²) in [5.74, 6) is -0.556. The molecule has 0 spiro atoms. The minimum absolute atomic E-state index is 0.0562. The van der Waals surface area contributed by atoms with Crippen molar-refractivity contribution in [2.75, 3.05) is 19.8 Å². The molecule has 0 aromatic heterocycles. The van der Waals surface area contributed by atoms with Crippen LogP contribution >= 0.6 is 0 Å². The summed E-state index contributed by atoms with van der Waals surface area (Å²) in [6, 6.07) is 0. The smallest absolute Gasteiger partial charge is 0.306 e. The number of carbonyl (C=O) groups is 3. The van der Waals surface area contributed by atoms with Crippen molar-refractivity contribution in [3.8, 4) is 0 Å². The van der Waals surface area contributed by atoms with Gasteiger partial charge in [0.15, 0.2) is 6.10 Å². The average molecular weight is 598 g/mol. The van der Waals surface area contributed by atoms with Crippen LogP contribution in [0.25, 0.3) is 0 Å². The normalized spacial score (nSPS) is 11.8. The first-order valence-electron chi connectivity index (χ1n) is 17.7. The Kier molecular flexibility index (Phi) is 31.0. The van der Waals surface area contributed by atoms with Crippen LogP contribution < -0.4 is 5.32 Å². The van der Waals surface area contributed by atoms with Crippen LogP contribution in [0.15, 0.2) is 0 Å². The molecule has 0 fully saturated rings. The maximum Gasteiger partial charge on any atom is 0.306 e. The Labute approximate surface area is 258 Å². The van der Waals surface area contributed by atoms with Crippen LogP contribution in [0.2, 0.25) is 0 Å². The quantitative estimate of drug-likeness (QED) is 0.0594. The maximum atomic E-state index is 12.1. The largest absolute Gasteiger partial charge is 0.462 e. The highest BCUT2D eigenvalue weighted by Gasteiger charge is 2.16. The molecule has 0 heterocycles. The first-order chi connectivity index (χ1) is 20.5. The predicted octanol–water partition coefficient (Wildman–Crippen LogP) is 8.73. The Bertz CT molecular complexity index is 627. The Balaban J connectivity index is 3.51. The second-order valence-corrected chi connectivity index (χ2v) is 12.1. The molecular formula is C35H67NO6. The minimum atomic E-state index is -0.775. The van der Waals surface area contributed by atoms with Gasteiger partial charge in [-0.1, -0.05) is 142 Å². The van der Waals surface area contributed by atoms with E-state index in [9.17, 15) is 19.5 Å². The van der Waals surface area contributed by atoms with Gasteiger partial charge in [-0.25, -0.2) is 0 Å². The van der Waals surface area contributed by atoms with E-state index in [1.54, 1.807) is 6.92 Å². The van der Waals surface area contributed by atoms with E-state index in [2.05, 4.69) is 12.2 Å². The molecule has 7 heteroatoms. The number of ether oxygens (including phenoxy) is 2. The fourth-order valence-corrected chi connectivity index (χ4v) is 5.16. The molecule has 248 valence electrons. The highest BCUT2D eigenvalue weighted by molar-refractivity contribution is 5.72. The molecule has 2 N–H and O–H groups in total. The van der Waals surface area contributed by atoms with Gasteiger partial charge in [-0.3, -0.25) is 14.4 Å². The summed E-state index contributed by atoms with van der Waals surface area (Å²) >= 11 is 0. The van der Waals surface area contributed by atoms with Crippen LogP contribution in [-0.4, -0.2) is 48.8 Å². The van der Waals surface area contributed by atoms with Gasteiger partial charge in [0.1, 0.15) is 6.61 Å². The highest BCUT2D eigenvalue weighted by Crippen LogP contribution is 2.14. The van der Waals surface area contributed by atoms with Crippen molar-refractivity contribution in [2.24, 2.45) is 0 Å². The number of esters is 2. The molecule has 0 aliphatic heterocycles. The molecule has 0 bridgehead atoms. The summed E-state index contributed by atoms with van der Waals surface area (Å²) in [5, 5.41) is 12.3. The summed E-state index contributed by atoms with van der Waals surface area (Å²) in [6.07, 6.45) is 28.9. The Morgan fingerprint density at radius 2 is 0.952 bits per heavy atom. The van der Waals surface area contributed by atoms with E-state index in [0.29, 0.717) is 12.8 Å². The zero-order valence-electron chi connectivity index (χ0n) is 27.6. The van der Waals surface area contributed by atoms with Gasteiger partial charge in [-0.15, -0.1) is 0 Å². The molecule has 0 aromatic rings. The third-order valence-electron chi connectivity index (χ3n) is 7.85. The summed E-state index contributed by atoms with van der Waals surface area (Å²) in [7, 11) is 0. The third-order valence-corrected chi connectivity index (χ3v) is 7.85. The molecule has 0 saturated heterocycles. The number of hydrogen-bond donors (Lipinski definition) is 2. The van der Waals surface area contributed by atoms with Crippen molar-refractivity contribution < 1.29 is 29.0 Å². The first-order valence-corrected chi connectivity index (χ1v) is 17.7. The standard InChI is InChI=1S/C35H67NO6/c1-3-4-5-6-7-8-9-12-16-19-22-25-28-35(40)42-33(30-37)31-41-34(39)27-24-21-18-15-13-10-11-14-17-20-23-26-29-36-32(2)38/h33,37H,3-31H2,1-2H3,(H,36,38)/t33-/m1/s1. The molecule has 0 saturated carbocycles. The number of carbonyl (C=O) groups excluding carboxylic acids is 3. The molecule has 42 heavy (non-hydrogen) atoms. The van der Waals surface area contributed by atoms with Crippen molar-refractivity contribution in [3.05, 3.63) is 0 Å². The van der Waals surface area contributed by atoms with Crippen molar-refractivity contribution in [1.29, 1.82) is 0 Å². The number of nitrogens with one attached hydrogen (secondary N) is 1. The fourth-order valence-electron chi connectivity index (χ4n) is 5.16. The molecule has 0 aliphatic rings. The lowest BCUT2D eigenvalue weighted by atomic mass is 10.0. The predicted molar refractivity (Wildman–Crippen MR) is 172 cm³/mol. The minimum Gasteiger partial charge on any atom is -0.462 e. The van der Waals surface area contributed by atoms with Gasteiger partial charge >= 0.3 is 11.9 Å². The van der Waals surface area contributed by atoms with Crippen LogP contribution in [0.5, 0.6) is 0 Å². The second kappa shape index (κ2) is 32.3. The summed E-state index contributed by atoms with van der Waals surface area (Å²) < 4.78 is 10.5. The molecule has 0 aliphatic carbocycles. The van der Waals surface area contributed by atoms with E-state index in [-0.39, 0.29) is 31.1 Å². The lowest BCUT2D eigenvalue weighted by Gasteiger charge is -2.15. The van der Waals surface area contributed by atoms with E-state index in [0.717, 1.165) is 51.5 Å². The second-order valence-electron chi connectivity index (χ2n) is 12.1. The van der Waals surface area contributed by atoms with E-state index >= 15 is 0 Å². The number of hydrogen-bond acceptors (Lipinski definition) is 6. The number of aliphatic hydroxyl groups excluding tert-OH is 1. The Hall–Kier alpha value is -1.63. The number of unbranched alkanes of at least 4 members (excludes halogenated alkanes) is 22. The van der Waals surface area contributed by atoms with Crippen molar-refractivity contribution >= 4 is 17.8 Å². The molecule has 0 rings (SSSR count). The number of amides is 1. The summed E-state index contributed by atoms with van der Waals surface area (Å²) in [6.45, 7) is 4.20. The molecule has 0 radical (unpaired) electrons. The van der Waals surface area contributed by atoms with Gasteiger partial charge in [-0.2, -0.15) is 0 Å². The Morgan fingerprint density at radius 1 is 0.571 bits per heavy atom. The van der Waals surface area contributed by atoms with Crippen molar-refractivity contribution in [1.82, 2.24) is 5.32 Å². The molecular weight excluding hydrogens is 530 g/mol. The number of rotatable bonds is 32. The lowest BCUT2D eigenvalue weighted by molar-refractivity contribution is -0.161. The highest BCUT2D eigenvalue weighted by atomic mass is 16.6. The molecule has 7 nitrogen and oxygen atoms in total. The topological polar surface area (TPSA) is 102 Å². The SMILES string of the molecule is CCCCCCCCCCCCCCC(=O)O[C@H](CO)COC(=O)CCCCCCCCCCCCCCNC(C)=O. The van der Waals surface area contributed by atoms with Crippen molar-refractivity contribution in [2.45, 2.75) is 187 Å². The zero-order chi connectivity index (χ0) is 30.9. The van der Waals surface area contributed by atoms with E-state index in [1.165, 1.54) is 109 Å². The van der Waals surface area contributed by atoms with Gasteiger partial charge in [0, 0.05) is 26.3 Å². The van der Waals surface area contributed by atoms with Gasteiger partial charge in [0.25, 0.3) is 0 Å². The summed E-state index contributed by atoms with van der Waals surface area (Å²) in [5.41, 5.74) is 0. The van der Waals surface area contributed by atoms with Crippen LogP contribution in [0, 0.1) is 0 Å². The van der Waals surface area contributed by atoms with Crippen LogP contribution in [0.4, 0.5) is 0 Å².